The summed E-state index contributed by atoms with van der Waals surface area (Å²) in [6, 6.07) is 16.2. The third-order valence-corrected chi connectivity index (χ3v) is 5.90. The number of aryl methyl sites for hydroxylation is 1. The van der Waals surface area contributed by atoms with Gasteiger partial charge in [-0.25, -0.2) is 14.2 Å². The predicted molar refractivity (Wildman–Crippen MR) is 114 cm³/mol. The third kappa shape index (κ3) is 4.46. The van der Waals surface area contributed by atoms with Gasteiger partial charge in [0.1, 0.15) is 5.82 Å². The van der Waals surface area contributed by atoms with E-state index in [9.17, 15) is 9.18 Å². The number of urea groups is 1. The normalized spacial score (nSPS) is 11.0. The van der Waals surface area contributed by atoms with Crippen LogP contribution in [0.5, 0.6) is 0 Å². The molecule has 0 radical (unpaired) electrons. The van der Waals surface area contributed by atoms with Crippen molar-refractivity contribution in [3.05, 3.63) is 82.7 Å². The molecule has 2 heterocycles. The number of halogens is 1. The Morgan fingerprint density at radius 1 is 1.10 bits per heavy atom. The Bertz CT molecular complexity index is 1120. The Labute approximate surface area is 172 Å². The fraction of sp³-hybridized carbons (Fsp3) is 0.182. The SMILES string of the molecule is Cc1c(CNC(=O)NCCc2ccccc2)sc2nc(-c3ccc(F)cc3)cn12. The maximum Gasteiger partial charge on any atom is 0.315 e. The van der Waals surface area contributed by atoms with E-state index in [1.54, 1.807) is 23.5 Å². The van der Waals surface area contributed by atoms with Crippen LogP contribution < -0.4 is 10.6 Å². The summed E-state index contributed by atoms with van der Waals surface area (Å²) in [4.78, 5) is 18.6. The quantitative estimate of drug-likeness (QED) is 0.492. The van der Waals surface area contributed by atoms with Crippen LogP contribution in [0.2, 0.25) is 0 Å². The van der Waals surface area contributed by atoms with Crippen LogP contribution in [0.25, 0.3) is 16.2 Å². The van der Waals surface area contributed by atoms with Crippen LogP contribution >= 0.6 is 11.3 Å². The number of hydrogen-bond donors (Lipinski definition) is 2. The van der Waals surface area contributed by atoms with Crippen molar-refractivity contribution in [2.24, 2.45) is 0 Å². The molecule has 4 aromatic rings. The van der Waals surface area contributed by atoms with Gasteiger partial charge >= 0.3 is 6.03 Å². The van der Waals surface area contributed by atoms with Gasteiger partial charge in [-0.1, -0.05) is 41.7 Å². The van der Waals surface area contributed by atoms with E-state index in [1.807, 2.05) is 47.9 Å². The van der Waals surface area contributed by atoms with Crippen molar-refractivity contribution in [3.63, 3.8) is 0 Å². The maximum atomic E-state index is 13.1. The Morgan fingerprint density at radius 2 is 1.86 bits per heavy atom. The number of nitrogens with one attached hydrogen (secondary N) is 2. The molecule has 0 aliphatic carbocycles. The van der Waals surface area contributed by atoms with Gasteiger partial charge in [0.2, 0.25) is 0 Å². The van der Waals surface area contributed by atoms with Gasteiger partial charge in [0.05, 0.1) is 12.2 Å². The topological polar surface area (TPSA) is 58.4 Å². The van der Waals surface area contributed by atoms with Gasteiger partial charge in [0.25, 0.3) is 0 Å². The first-order valence-corrected chi connectivity index (χ1v) is 10.2. The molecule has 0 saturated carbocycles. The van der Waals surface area contributed by atoms with E-state index in [0.29, 0.717) is 13.1 Å². The predicted octanol–water partition coefficient (Wildman–Crippen LogP) is 4.55. The molecule has 0 unspecified atom stereocenters. The third-order valence-electron chi connectivity index (χ3n) is 4.74. The van der Waals surface area contributed by atoms with Crippen LogP contribution in [0.15, 0.2) is 60.8 Å². The van der Waals surface area contributed by atoms with E-state index in [1.165, 1.54) is 17.7 Å². The number of imidazole rings is 1. The van der Waals surface area contributed by atoms with Crippen molar-refractivity contribution < 1.29 is 9.18 Å². The van der Waals surface area contributed by atoms with Gasteiger partial charge in [-0.3, -0.25) is 4.40 Å². The smallest absolute Gasteiger partial charge is 0.315 e. The second-order valence-electron chi connectivity index (χ2n) is 6.74. The van der Waals surface area contributed by atoms with Crippen molar-refractivity contribution in [1.29, 1.82) is 0 Å². The lowest BCUT2D eigenvalue weighted by molar-refractivity contribution is 0.240. The van der Waals surface area contributed by atoms with Gasteiger partial charge in [-0.2, -0.15) is 0 Å². The van der Waals surface area contributed by atoms with Crippen LogP contribution in [-0.4, -0.2) is 22.0 Å². The summed E-state index contributed by atoms with van der Waals surface area (Å²) in [6.45, 7) is 3.04. The average Bonchev–Trinajstić information content (AvgIpc) is 3.27. The van der Waals surface area contributed by atoms with Gasteiger partial charge in [-0.05, 0) is 43.2 Å². The summed E-state index contributed by atoms with van der Waals surface area (Å²) < 4.78 is 15.1. The number of thiazole rings is 1. The van der Waals surface area contributed by atoms with E-state index < -0.39 is 0 Å². The number of carbonyl (C=O) groups is 1. The number of carbonyl (C=O) groups excluding carboxylic acids is 1. The zero-order valence-corrected chi connectivity index (χ0v) is 16.8. The molecular formula is C22H21FN4OS. The number of benzene rings is 2. The molecular weight excluding hydrogens is 387 g/mol. The fourth-order valence-electron chi connectivity index (χ4n) is 3.11. The average molecular weight is 409 g/mol. The molecule has 0 aliphatic heterocycles. The molecule has 2 amide bonds. The highest BCUT2D eigenvalue weighted by Crippen LogP contribution is 2.27. The molecule has 0 fully saturated rings. The van der Waals surface area contributed by atoms with Crippen LogP contribution in [0.1, 0.15) is 16.1 Å². The summed E-state index contributed by atoms with van der Waals surface area (Å²) in [6.07, 6.45) is 2.74. The van der Waals surface area contributed by atoms with Crippen LogP contribution in [0.4, 0.5) is 9.18 Å². The minimum absolute atomic E-state index is 0.182. The van der Waals surface area contributed by atoms with E-state index in [0.717, 1.165) is 33.2 Å². The zero-order chi connectivity index (χ0) is 20.2. The monoisotopic (exact) mass is 408 g/mol. The molecule has 7 heteroatoms. The summed E-state index contributed by atoms with van der Waals surface area (Å²) in [5.74, 6) is -0.263. The fourth-order valence-corrected chi connectivity index (χ4v) is 4.15. The summed E-state index contributed by atoms with van der Waals surface area (Å²) in [7, 11) is 0. The molecule has 0 bridgehead atoms. The van der Waals surface area contributed by atoms with E-state index >= 15 is 0 Å². The van der Waals surface area contributed by atoms with Gasteiger partial charge in [0.15, 0.2) is 4.96 Å². The molecule has 29 heavy (non-hydrogen) atoms. The van der Waals surface area contributed by atoms with E-state index in [-0.39, 0.29) is 11.8 Å². The molecule has 5 nitrogen and oxygen atoms in total. The first kappa shape index (κ1) is 19.1. The largest absolute Gasteiger partial charge is 0.338 e. The minimum Gasteiger partial charge on any atom is -0.338 e. The van der Waals surface area contributed by atoms with Crippen molar-refractivity contribution >= 4 is 22.3 Å². The molecule has 0 saturated heterocycles. The van der Waals surface area contributed by atoms with Crippen molar-refractivity contribution in [3.8, 4) is 11.3 Å². The van der Waals surface area contributed by atoms with Crippen molar-refractivity contribution in [2.45, 2.75) is 19.9 Å². The highest BCUT2D eigenvalue weighted by atomic mass is 32.1. The molecule has 2 N–H and O–H groups in total. The Balaban J connectivity index is 1.34. The van der Waals surface area contributed by atoms with E-state index in [2.05, 4.69) is 15.6 Å². The first-order valence-electron chi connectivity index (χ1n) is 9.39. The zero-order valence-electron chi connectivity index (χ0n) is 16.0. The van der Waals surface area contributed by atoms with Gasteiger partial charge in [0, 0.05) is 28.9 Å². The van der Waals surface area contributed by atoms with E-state index in [4.69, 9.17) is 0 Å². The van der Waals surface area contributed by atoms with Crippen molar-refractivity contribution in [1.82, 2.24) is 20.0 Å². The molecule has 2 aromatic heterocycles. The summed E-state index contributed by atoms with van der Waals surface area (Å²) >= 11 is 1.54. The van der Waals surface area contributed by atoms with Gasteiger partial charge in [-0.15, -0.1) is 0 Å². The molecule has 0 atom stereocenters. The number of aromatic nitrogens is 2. The second kappa shape index (κ2) is 8.45. The van der Waals surface area contributed by atoms with Gasteiger partial charge < -0.3 is 10.6 Å². The Morgan fingerprint density at radius 3 is 2.59 bits per heavy atom. The maximum absolute atomic E-state index is 13.1. The highest BCUT2D eigenvalue weighted by Gasteiger charge is 2.13. The Kier molecular flexibility index (Phi) is 5.57. The van der Waals surface area contributed by atoms with Crippen molar-refractivity contribution in [2.75, 3.05) is 6.54 Å². The van der Waals surface area contributed by atoms with Crippen LogP contribution in [0.3, 0.4) is 0 Å². The molecule has 2 aromatic carbocycles. The summed E-state index contributed by atoms with van der Waals surface area (Å²) in [5.41, 5.74) is 3.91. The highest BCUT2D eigenvalue weighted by molar-refractivity contribution is 7.17. The lowest BCUT2D eigenvalue weighted by Gasteiger charge is -2.07. The molecule has 0 spiro atoms. The lowest BCUT2D eigenvalue weighted by Crippen LogP contribution is -2.36. The minimum atomic E-state index is -0.263. The number of hydrogen-bond acceptors (Lipinski definition) is 3. The standard InChI is InChI=1S/C22H21FN4OS/c1-15-20(13-25-21(28)24-12-11-16-5-3-2-4-6-16)29-22-26-19(14-27(15)22)17-7-9-18(23)10-8-17/h2-10,14H,11-13H2,1H3,(H2,24,25,28). The van der Waals surface area contributed by atoms with Crippen LogP contribution in [0, 0.1) is 12.7 Å². The molecule has 4 rings (SSSR count). The number of amides is 2. The number of fused-ring (bicyclic) bond motifs is 1. The molecule has 148 valence electrons. The number of rotatable bonds is 6. The summed E-state index contributed by atoms with van der Waals surface area (Å²) in [5, 5.41) is 5.79. The first-order chi connectivity index (χ1) is 14.1. The van der Waals surface area contributed by atoms with Crippen LogP contribution in [-0.2, 0) is 13.0 Å². The second-order valence-corrected chi connectivity index (χ2v) is 7.80. The Hall–Kier alpha value is -3.19. The lowest BCUT2D eigenvalue weighted by atomic mass is 10.1. The molecule has 0 aliphatic rings. The number of nitrogens with zero attached hydrogens (tertiary/aromatic N) is 2.